The molecule has 0 atom stereocenters. The number of allylic oxidation sites excluding steroid dienone is 2. The minimum Gasteiger partial charge on any atom is -0.493 e. The molecule has 0 radical (unpaired) electrons. The molecule has 32 heavy (non-hydrogen) atoms. The van der Waals surface area contributed by atoms with Crippen LogP contribution in [-0.4, -0.2) is 43.9 Å². The summed E-state index contributed by atoms with van der Waals surface area (Å²) in [6, 6.07) is 10.6. The smallest absolute Gasteiger partial charge is 0.253 e. The van der Waals surface area contributed by atoms with Crippen LogP contribution in [0.5, 0.6) is 11.5 Å². The van der Waals surface area contributed by atoms with Crippen molar-refractivity contribution in [2.45, 2.75) is 33.1 Å². The molecule has 5 nitrogen and oxygen atoms in total. The highest BCUT2D eigenvalue weighted by molar-refractivity contribution is 6.07. The van der Waals surface area contributed by atoms with Crippen LogP contribution in [0.2, 0.25) is 0 Å². The minimum absolute atomic E-state index is 0.0996. The van der Waals surface area contributed by atoms with Crippen molar-refractivity contribution < 1.29 is 19.1 Å². The Labute approximate surface area is 191 Å². The van der Waals surface area contributed by atoms with Gasteiger partial charge in [0.15, 0.2) is 5.78 Å². The zero-order valence-corrected chi connectivity index (χ0v) is 19.5. The van der Waals surface area contributed by atoms with Crippen molar-refractivity contribution in [1.82, 2.24) is 4.90 Å². The fourth-order valence-corrected chi connectivity index (χ4v) is 3.05. The first-order valence-electron chi connectivity index (χ1n) is 11.0. The van der Waals surface area contributed by atoms with Gasteiger partial charge < -0.3 is 14.4 Å². The van der Waals surface area contributed by atoms with Crippen LogP contribution in [0.3, 0.4) is 0 Å². The predicted octanol–water partition coefficient (Wildman–Crippen LogP) is 5.59. The van der Waals surface area contributed by atoms with Crippen molar-refractivity contribution in [3.63, 3.8) is 0 Å². The first kappa shape index (κ1) is 24.9. The molecule has 2 aromatic carbocycles. The van der Waals surface area contributed by atoms with Crippen molar-refractivity contribution in [3.8, 4) is 11.5 Å². The zero-order chi connectivity index (χ0) is 23.5. The molecule has 0 saturated heterocycles. The maximum Gasteiger partial charge on any atom is 0.253 e. The lowest BCUT2D eigenvalue weighted by molar-refractivity contribution is 0.0827. The molecule has 2 rings (SSSR count). The molecular formula is C27H33NO4. The first-order valence-corrected chi connectivity index (χ1v) is 11.0. The summed E-state index contributed by atoms with van der Waals surface area (Å²) in [6.07, 6.45) is 7.57. The topological polar surface area (TPSA) is 55.8 Å². The van der Waals surface area contributed by atoms with Crippen molar-refractivity contribution in [2.75, 3.05) is 27.3 Å². The second kappa shape index (κ2) is 12.5. The van der Waals surface area contributed by atoms with E-state index >= 15 is 0 Å². The van der Waals surface area contributed by atoms with Gasteiger partial charge in [0.05, 0.1) is 13.2 Å². The number of ketones is 1. The average Bonchev–Trinajstić information content (AvgIpc) is 2.80. The Morgan fingerprint density at radius 1 is 0.938 bits per heavy atom. The fourth-order valence-electron chi connectivity index (χ4n) is 3.05. The van der Waals surface area contributed by atoms with Crippen molar-refractivity contribution in [1.29, 1.82) is 0 Å². The summed E-state index contributed by atoms with van der Waals surface area (Å²) in [5.41, 5.74) is 2.87. The van der Waals surface area contributed by atoms with Crippen LogP contribution in [-0.2, 0) is 6.42 Å². The minimum atomic E-state index is -0.146. The summed E-state index contributed by atoms with van der Waals surface area (Å²) in [4.78, 5) is 26.3. The monoisotopic (exact) mass is 435 g/mol. The van der Waals surface area contributed by atoms with Gasteiger partial charge in [0.25, 0.3) is 5.91 Å². The second-order valence-corrected chi connectivity index (χ2v) is 7.66. The number of benzene rings is 2. The summed E-state index contributed by atoms with van der Waals surface area (Å²) < 4.78 is 11.8. The molecule has 0 spiro atoms. The maximum absolute atomic E-state index is 12.7. The van der Waals surface area contributed by atoms with Gasteiger partial charge in [0.2, 0.25) is 0 Å². The summed E-state index contributed by atoms with van der Waals surface area (Å²) >= 11 is 0. The molecule has 0 fully saturated rings. The second-order valence-electron chi connectivity index (χ2n) is 7.66. The fraction of sp³-hybridized carbons (Fsp3) is 0.333. The quantitative estimate of drug-likeness (QED) is 0.248. The van der Waals surface area contributed by atoms with E-state index in [-0.39, 0.29) is 11.7 Å². The Hall–Kier alpha value is -3.34. The van der Waals surface area contributed by atoms with E-state index in [1.165, 1.54) is 11.0 Å². The summed E-state index contributed by atoms with van der Waals surface area (Å²) in [7, 11) is 3.39. The van der Waals surface area contributed by atoms with Crippen LogP contribution in [0.15, 0.2) is 55.1 Å². The molecule has 0 aromatic heterocycles. The molecule has 5 heteroatoms. The number of carbonyl (C=O) groups excluding carboxylic acids is 2. The van der Waals surface area contributed by atoms with Crippen LogP contribution < -0.4 is 9.47 Å². The molecule has 0 N–H and O–H groups in total. The Morgan fingerprint density at radius 2 is 1.53 bits per heavy atom. The molecule has 0 saturated carbocycles. The van der Waals surface area contributed by atoms with Crippen LogP contribution in [0.25, 0.3) is 6.08 Å². The molecule has 0 bridgehead atoms. The van der Waals surface area contributed by atoms with Gasteiger partial charge in [-0.05, 0) is 55.2 Å². The zero-order valence-electron chi connectivity index (χ0n) is 19.5. The Balaban J connectivity index is 2.31. The Morgan fingerprint density at radius 3 is 2.09 bits per heavy atom. The van der Waals surface area contributed by atoms with Crippen LogP contribution in [0.4, 0.5) is 0 Å². The van der Waals surface area contributed by atoms with E-state index in [0.29, 0.717) is 36.5 Å². The first-order chi connectivity index (χ1) is 15.4. The largest absolute Gasteiger partial charge is 0.493 e. The third-order valence-corrected chi connectivity index (χ3v) is 4.72. The van der Waals surface area contributed by atoms with E-state index < -0.39 is 0 Å². The number of hydrogen-bond acceptors (Lipinski definition) is 4. The van der Waals surface area contributed by atoms with Gasteiger partial charge in [-0.3, -0.25) is 9.59 Å². The lowest BCUT2D eigenvalue weighted by Crippen LogP contribution is -2.21. The van der Waals surface area contributed by atoms with Crippen LogP contribution in [0.1, 0.15) is 58.5 Å². The number of nitrogens with zero attached hydrogens (tertiary/aromatic N) is 1. The van der Waals surface area contributed by atoms with Gasteiger partial charge in [-0.2, -0.15) is 0 Å². The summed E-state index contributed by atoms with van der Waals surface area (Å²) in [6.45, 7) is 9.14. The van der Waals surface area contributed by atoms with Gasteiger partial charge >= 0.3 is 0 Å². The van der Waals surface area contributed by atoms with Gasteiger partial charge in [-0.1, -0.05) is 32.1 Å². The maximum atomic E-state index is 12.7. The van der Waals surface area contributed by atoms with Gasteiger partial charge in [-0.25, -0.2) is 0 Å². The average molecular weight is 436 g/mol. The predicted molar refractivity (Wildman–Crippen MR) is 130 cm³/mol. The summed E-state index contributed by atoms with van der Waals surface area (Å²) in [5, 5.41) is 0. The molecule has 0 unspecified atom stereocenters. The Kier molecular flexibility index (Phi) is 9.74. The molecule has 1 amide bonds. The van der Waals surface area contributed by atoms with Crippen LogP contribution >= 0.6 is 0 Å². The molecule has 0 aliphatic heterocycles. The highest BCUT2D eigenvalue weighted by Gasteiger charge is 2.12. The van der Waals surface area contributed by atoms with Gasteiger partial charge in [0, 0.05) is 36.9 Å². The van der Waals surface area contributed by atoms with Gasteiger partial charge in [0.1, 0.15) is 11.5 Å². The van der Waals surface area contributed by atoms with Crippen molar-refractivity contribution in [3.05, 3.63) is 77.4 Å². The lowest BCUT2D eigenvalue weighted by Gasteiger charge is -2.15. The number of rotatable bonds is 12. The van der Waals surface area contributed by atoms with E-state index in [0.717, 1.165) is 29.7 Å². The molecular weight excluding hydrogens is 402 g/mol. The molecule has 0 heterocycles. The summed E-state index contributed by atoms with van der Waals surface area (Å²) in [5.74, 6) is 1.22. The third-order valence-electron chi connectivity index (χ3n) is 4.72. The number of hydrogen-bond donors (Lipinski definition) is 0. The highest BCUT2D eigenvalue weighted by atomic mass is 16.5. The number of ether oxygens (including phenoxy) is 2. The van der Waals surface area contributed by atoms with Gasteiger partial charge in [-0.15, -0.1) is 6.58 Å². The van der Waals surface area contributed by atoms with Crippen molar-refractivity contribution >= 4 is 17.8 Å². The van der Waals surface area contributed by atoms with E-state index in [1.54, 1.807) is 44.4 Å². The Bertz CT molecular complexity index is 958. The molecule has 0 aliphatic rings. The van der Waals surface area contributed by atoms with Crippen molar-refractivity contribution in [2.24, 2.45) is 0 Å². The van der Waals surface area contributed by atoms with E-state index in [9.17, 15) is 9.59 Å². The highest BCUT2D eigenvalue weighted by Crippen LogP contribution is 2.31. The number of amides is 1. The molecule has 0 aliphatic carbocycles. The SMILES string of the molecule is C=CCc1cc(/C=C/C(=O)c2ccc(C(=O)N(C)C)cc2)c(OCCC)cc1OCCC. The third kappa shape index (κ3) is 6.84. The number of carbonyl (C=O) groups is 2. The van der Waals surface area contributed by atoms with Crippen LogP contribution in [0, 0.1) is 0 Å². The van der Waals surface area contributed by atoms with E-state index in [4.69, 9.17) is 9.47 Å². The lowest BCUT2D eigenvalue weighted by atomic mass is 10.0. The van der Waals surface area contributed by atoms with E-state index in [1.807, 2.05) is 25.1 Å². The molecule has 2 aromatic rings. The van der Waals surface area contributed by atoms with E-state index in [2.05, 4.69) is 13.5 Å². The standard InChI is InChI=1S/C27H33NO4/c1-6-9-22-18-23(26(32-17-8-3)19-25(22)31-16-7-2)14-15-24(29)20-10-12-21(13-11-20)27(30)28(4)5/h6,10-15,18-19H,1,7-9,16-17H2,2-5H3/b15-14+. The normalized spacial score (nSPS) is 10.8. The molecule has 170 valence electrons.